The number of nitrogens with two attached hydrogens (primary N) is 1. The fraction of sp³-hybridized carbons (Fsp3) is 0. The third-order valence-electron chi connectivity index (χ3n) is 2.12. The number of nitrogens with zero attached hydrogens (tertiary/aromatic N) is 2. The topological polar surface area (TPSA) is 80.9 Å². The molecule has 0 saturated heterocycles. The minimum absolute atomic E-state index is 0.00190. The van der Waals surface area contributed by atoms with Crippen molar-refractivity contribution in [1.29, 1.82) is 0 Å². The van der Waals surface area contributed by atoms with E-state index in [9.17, 15) is 9.18 Å². The van der Waals surface area contributed by atoms with Gasteiger partial charge in [-0.2, -0.15) is 0 Å². The van der Waals surface area contributed by atoms with Crippen molar-refractivity contribution < 1.29 is 9.18 Å². The van der Waals surface area contributed by atoms with Crippen molar-refractivity contribution in [2.75, 3.05) is 11.1 Å². The molecule has 2 aromatic rings. The maximum atomic E-state index is 12.9. The second-order valence-electron chi connectivity index (χ2n) is 3.37. The number of halogens is 2. The molecule has 0 saturated carbocycles. The number of hydrogen-bond donors (Lipinski definition) is 2. The SMILES string of the molecule is Nc1nccnc1C(=O)Nc1ccc(F)c(Cl)c1. The van der Waals surface area contributed by atoms with Crippen LogP contribution in [0.15, 0.2) is 30.6 Å². The summed E-state index contributed by atoms with van der Waals surface area (Å²) in [6, 6.07) is 3.82. The Hall–Kier alpha value is -2.21. The first-order valence-corrected chi connectivity index (χ1v) is 5.28. The van der Waals surface area contributed by atoms with Gasteiger partial charge in [0.05, 0.1) is 5.02 Å². The quantitative estimate of drug-likeness (QED) is 0.872. The number of aromatic nitrogens is 2. The van der Waals surface area contributed by atoms with E-state index in [1.807, 2.05) is 0 Å². The van der Waals surface area contributed by atoms with Crippen molar-refractivity contribution in [3.8, 4) is 0 Å². The summed E-state index contributed by atoms with van der Waals surface area (Å²) >= 11 is 5.60. The van der Waals surface area contributed by atoms with E-state index < -0.39 is 11.7 Å². The molecule has 2 rings (SSSR count). The number of nitrogens with one attached hydrogen (secondary N) is 1. The fourth-order valence-corrected chi connectivity index (χ4v) is 1.47. The molecule has 0 bridgehead atoms. The molecule has 0 fully saturated rings. The van der Waals surface area contributed by atoms with Crippen LogP contribution in [0.25, 0.3) is 0 Å². The van der Waals surface area contributed by atoms with Crippen molar-refractivity contribution in [2.45, 2.75) is 0 Å². The molecule has 5 nitrogen and oxygen atoms in total. The van der Waals surface area contributed by atoms with Crippen LogP contribution in [0.2, 0.25) is 5.02 Å². The highest BCUT2D eigenvalue weighted by Crippen LogP contribution is 2.20. The number of rotatable bonds is 2. The molecule has 0 aliphatic carbocycles. The summed E-state index contributed by atoms with van der Waals surface area (Å²) in [6.45, 7) is 0. The summed E-state index contributed by atoms with van der Waals surface area (Å²) in [6.07, 6.45) is 2.73. The van der Waals surface area contributed by atoms with E-state index in [2.05, 4.69) is 15.3 Å². The number of carbonyl (C=O) groups excluding carboxylic acids is 1. The highest BCUT2D eigenvalue weighted by atomic mass is 35.5. The molecule has 0 spiro atoms. The van der Waals surface area contributed by atoms with E-state index in [0.717, 1.165) is 6.07 Å². The predicted molar refractivity (Wildman–Crippen MR) is 65.8 cm³/mol. The number of carbonyl (C=O) groups is 1. The summed E-state index contributed by atoms with van der Waals surface area (Å²) in [7, 11) is 0. The zero-order valence-corrected chi connectivity index (χ0v) is 9.78. The first-order chi connectivity index (χ1) is 8.58. The Morgan fingerprint density at radius 3 is 2.72 bits per heavy atom. The zero-order chi connectivity index (χ0) is 13.1. The minimum atomic E-state index is -0.561. The molecular formula is C11H8ClFN4O. The maximum absolute atomic E-state index is 12.9. The molecular weight excluding hydrogens is 259 g/mol. The van der Waals surface area contributed by atoms with Crippen molar-refractivity contribution in [3.63, 3.8) is 0 Å². The third kappa shape index (κ3) is 2.54. The van der Waals surface area contributed by atoms with Gasteiger partial charge in [0.25, 0.3) is 5.91 Å². The lowest BCUT2D eigenvalue weighted by atomic mass is 10.3. The van der Waals surface area contributed by atoms with Gasteiger partial charge in [0.2, 0.25) is 0 Å². The van der Waals surface area contributed by atoms with Gasteiger partial charge < -0.3 is 11.1 Å². The van der Waals surface area contributed by atoms with E-state index in [4.69, 9.17) is 17.3 Å². The maximum Gasteiger partial charge on any atom is 0.278 e. The van der Waals surface area contributed by atoms with Gasteiger partial charge in [0, 0.05) is 18.1 Å². The Bertz CT molecular complexity index is 605. The number of anilines is 2. The molecule has 7 heteroatoms. The van der Waals surface area contributed by atoms with Crippen LogP contribution < -0.4 is 11.1 Å². The summed E-state index contributed by atoms with van der Waals surface area (Å²) < 4.78 is 12.9. The average Bonchev–Trinajstić information content (AvgIpc) is 2.34. The van der Waals surface area contributed by atoms with Crippen LogP contribution in [0, 0.1) is 5.82 Å². The van der Waals surface area contributed by atoms with Gasteiger partial charge in [0.15, 0.2) is 11.5 Å². The number of benzene rings is 1. The Morgan fingerprint density at radius 2 is 2.06 bits per heavy atom. The molecule has 0 aliphatic heterocycles. The Labute approximate surface area is 107 Å². The van der Waals surface area contributed by atoms with Crippen LogP contribution in [-0.4, -0.2) is 15.9 Å². The summed E-state index contributed by atoms with van der Waals surface area (Å²) in [5.41, 5.74) is 5.85. The molecule has 1 amide bonds. The molecule has 3 N–H and O–H groups in total. The van der Waals surface area contributed by atoms with Crippen LogP contribution in [0.4, 0.5) is 15.9 Å². The third-order valence-corrected chi connectivity index (χ3v) is 2.41. The predicted octanol–water partition coefficient (Wildman–Crippen LogP) is 2.10. The largest absolute Gasteiger partial charge is 0.382 e. The van der Waals surface area contributed by atoms with Crippen molar-refractivity contribution in [1.82, 2.24) is 9.97 Å². The number of nitrogen functional groups attached to an aromatic ring is 1. The molecule has 0 aliphatic rings. The van der Waals surface area contributed by atoms with Gasteiger partial charge in [-0.25, -0.2) is 14.4 Å². The van der Waals surface area contributed by atoms with E-state index in [-0.39, 0.29) is 16.5 Å². The first-order valence-electron chi connectivity index (χ1n) is 4.91. The summed E-state index contributed by atoms with van der Waals surface area (Å²) in [5.74, 6) is -1.08. The highest BCUT2D eigenvalue weighted by molar-refractivity contribution is 6.31. The number of hydrogen-bond acceptors (Lipinski definition) is 4. The molecule has 1 heterocycles. The van der Waals surface area contributed by atoms with Gasteiger partial charge in [-0.15, -0.1) is 0 Å². The monoisotopic (exact) mass is 266 g/mol. The zero-order valence-electron chi connectivity index (χ0n) is 9.02. The Balaban J connectivity index is 2.22. The van der Waals surface area contributed by atoms with Crippen molar-refractivity contribution in [2.24, 2.45) is 0 Å². The van der Waals surface area contributed by atoms with Crippen LogP contribution in [0.3, 0.4) is 0 Å². The van der Waals surface area contributed by atoms with E-state index in [1.165, 1.54) is 24.5 Å². The summed E-state index contributed by atoms with van der Waals surface area (Å²) in [5, 5.41) is 2.41. The van der Waals surface area contributed by atoms with Crippen molar-refractivity contribution >= 4 is 29.0 Å². The Kier molecular flexibility index (Phi) is 3.38. The highest BCUT2D eigenvalue weighted by Gasteiger charge is 2.12. The van der Waals surface area contributed by atoms with Gasteiger partial charge in [0.1, 0.15) is 5.82 Å². The lowest BCUT2D eigenvalue weighted by molar-refractivity contribution is 0.102. The van der Waals surface area contributed by atoms with Crippen LogP contribution in [0.5, 0.6) is 0 Å². The average molecular weight is 267 g/mol. The van der Waals surface area contributed by atoms with Crippen LogP contribution >= 0.6 is 11.6 Å². The van der Waals surface area contributed by atoms with E-state index >= 15 is 0 Å². The standard InChI is InChI=1S/C11H8ClFN4O/c12-7-5-6(1-2-8(7)13)17-11(18)9-10(14)16-4-3-15-9/h1-5H,(H2,14,16)(H,17,18). The molecule has 18 heavy (non-hydrogen) atoms. The molecule has 92 valence electrons. The van der Waals surface area contributed by atoms with Crippen molar-refractivity contribution in [3.05, 3.63) is 47.1 Å². The molecule has 0 radical (unpaired) electrons. The van der Waals surface area contributed by atoms with E-state index in [0.29, 0.717) is 5.69 Å². The van der Waals surface area contributed by atoms with Crippen LogP contribution in [-0.2, 0) is 0 Å². The van der Waals surface area contributed by atoms with Crippen LogP contribution in [0.1, 0.15) is 10.5 Å². The van der Waals surface area contributed by atoms with Gasteiger partial charge in [-0.1, -0.05) is 11.6 Å². The minimum Gasteiger partial charge on any atom is -0.382 e. The molecule has 0 atom stereocenters. The molecule has 1 aromatic carbocycles. The summed E-state index contributed by atoms with van der Waals surface area (Å²) in [4.78, 5) is 19.4. The fourth-order valence-electron chi connectivity index (χ4n) is 1.29. The molecule has 0 unspecified atom stereocenters. The Morgan fingerprint density at radius 1 is 1.33 bits per heavy atom. The lowest BCUT2D eigenvalue weighted by Crippen LogP contribution is -2.16. The second-order valence-corrected chi connectivity index (χ2v) is 3.78. The lowest BCUT2D eigenvalue weighted by Gasteiger charge is -2.06. The first kappa shape index (κ1) is 12.3. The normalized spacial score (nSPS) is 10.1. The van der Waals surface area contributed by atoms with Gasteiger partial charge >= 0.3 is 0 Å². The molecule has 1 aromatic heterocycles. The van der Waals surface area contributed by atoms with E-state index in [1.54, 1.807) is 0 Å². The smallest absolute Gasteiger partial charge is 0.278 e. The van der Waals surface area contributed by atoms with Gasteiger partial charge in [-0.3, -0.25) is 4.79 Å². The second kappa shape index (κ2) is 4.97. The number of amides is 1. The van der Waals surface area contributed by atoms with Gasteiger partial charge in [-0.05, 0) is 18.2 Å².